The molecule has 0 aliphatic rings. The van der Waals surface area contributed by atoms with Crippen LogP contribution in [-0.4, -0.2) is 35.3 Å². The number of alkyl halides is 3. The SMILES string of the molecule is CCCN(CC(F)(F)F)C(N)=NO. The molecule has 0 aliphatic carbocycles. The Labute approximate surface area is 73.8 Å². The zero-order valence-electron chi connectivity index (χ0n) is 7.17. The maximum atomic E-state index is 11.9. The molecule has 7 heteroatoms. The molecular weight excluding hydrogens is 187 g/mol. The van der Waals surface area contributed by atoms with E-state index in [2.05, 4.69) is 5.16 Å². The standard InChI is InChI=1S/C6H12F3N3O/c1-2-3-12(5(10)11-13)4-6(7,8)9/h13H,2-4H2,1H3,(H2,10,11). The van der Waals surface area contributed by atoms with Gasteiger partial charge in [0.05, 0.1) is 0 Å². The summed E-state index contributed by atoms with van der Waals surface area (Å²) in [5.74, 6) is -0.515. The Morgan fingerprint density at radius 1 is 1.54 bits per heavy atom. The number of halogens is 3. The van der Waals surface area contributed by atoms with Gasteiger partial charge in [-0.15, -0.1) is 0 Å². The van der Waals surface area contributed by atoms with Gasteiger partial charge < -0.3 is 15.8 Å². The van der Waals surface area contributed by atoms with Crippen LogP contribution in [0.15, 0.2) is 5.16 Å². The summed E-state index contributed by atoms with van der Waals surface area (Å²) in [6, 6.07) is 0. The molecule has 0 bridgehead atoms. The Morgan fingerprint density at radius 2 is 2.08 bits per heavy atom. The molecule has 0 aliphatic heterocycles. The summed E-state index contributed by atoms with van der Waals surface area (Å²) in [5, 5.41) is 10.7. The number of rotatable bonds is 3. The van der Waals surface area contributed by atoms with Gasteiger partial charge in [0, 0.05) is 6.54 Å². The van der Waals surface area contributed by atoms with Crippen LogP contribution in [0, 0.1) is 0 Å². The Kier molecular flexibility index (Phi) is 4.36. The minimum atomic E-state index is -4.34. The summed E-state index contributed by atoms with van der Waals surface area (Å²) in [4.78, 5) is 0.764. The Hall–Kier alpha value is -1.14. The van der Waals surface area contributed by atoms with Crippen molar-refractivity contribution in [2.24, 2.45) is 10.9 Å². The molecule has 0 fully saturated rings. The maximum absolute atomic E-state index is 11.9. The average Bonchev–Trinajstić information content (AvgIpc) is 2.00. The molecule has 0 unspecified atom stereocenters. The van der Waals surface area contributed by atoms with E-state index >= 15 is 0 Å². The number of nitrogens with zero attached hydrogens (tertiary/aromatic N) is 2. The van der Waals surface area contributed by atoms with E-state index in [0.717, 1.165) is 4.90 Å². The van der Waals surface area contributed by atoms with E-state index < -0.39 is 18.7 Å². The largest absolute Gasteiger partial charge is 0.408 e. The van der Waals surface area contributed by atoms with E-state index in [9.17, 15) is 13.2 Å². The van der Waals surface area contributed by atoms with Gasteiger partial charge in [-0.25, -0.2) is 0 Å². The first kappa shape index (κ1) is 11.9. The van der Waals surface area contributed by atoms with Crippen molar-refractivity contribution >= 4 is 5.96 Å². The van der Waals surface area contributed by atoms with Gasteiger partial charge in [0.15, 0.2) is 0 Å². The molecule has 0 aromatic rings. The van der Waals surface area contributed by atoms with Gasteiger partial charge in [-0.05, 0) is 6.42 Å². The minimum absolute atomic E-state index is 0.107. The van der Waals surface area contributed by atoms with Crippen LogP contribution in [0.3, 0.4) is 0 Å². The monoisotopic (exact) mass is 199 g/mol. The molecule has 0 aromatic carbocycles. The average molecular weight is 199 g/mol. The van der Waals surface area contributed by atoms with Gasteiger partial charge in [-0.3, -0.25) is 0 Å². The van der Waals surface area contributed by atoms with E-state index in [4.69, 9.17) is 10.9 Å². The molecule has 13 heavy (non-hydrogen) atoms. The molecule has 4 nitrogen and oxygen atoms in total. The predicted octanol–water partition coefficient (Wildman–Crippen LogP) is 0.965. The van der Waals surface area contributed by atoms with Crippen LogP contribution in [0.1, 0.15) is 13.3 Å². The van der Waals surface area contributed by atoms with Crippen LogP contribution >= 0.6 is 0 Å². The van der Waals surface area contributed by atoms with Crippen molar-refractivity contribution < 1.29 is 18.4 Å². The molecule has 3 N–H and O–H groups in total. The third-order valence-electron chi connectivity index (χ3n) is 1.29. The topological polar surface area (TPSA) is 61.8 Å². The number of oxime groups is 1. The second-order valence-electron chi connectivity index (χ2n) is 2.49. The lowest BCUT2D eigenvalue weighted by Crippen LogP contribution is -2.43. The number of nitrogens with two attached hydrogens (primary N) is 1. The van der Waals surface area contributed by atoms with Gasteiger partial charge in [0.2, 0.25) is 5.96 Å². The fraction of sp³-hybridized carbons (Fsp3) is 0.833. The second kappa shape index (κ2) is 4.78. The molecule has 78 valence electrons. The van der Waals surface area contributed by atoms with Crippen molar-refractivity contribution in [3.8, 4) is 0 Å². The first-order valence-corrected chi connectivity index (χ1v) is 3.70. The summed E-state index contributed by atoms with van der Waals surface area (Å²) in [6.07, 6.45) is -3.85. The predicted molar refractivity (Wildman–Crippen MR) is 41.3 cm³/mol. The molecule has 0 saturated heterocycles. The van der Waals surface area contributed by atoms with E-state index in [0.29, 0.717) is 6.42 Å². The highest BCUT2D eigenvalue weighted by atomic mass is 19.4. The number of hydrogen-bond donors (Lipinski definition) is 2. The summed E-state index contributed by atoms with van der Waals surface area (Å²) in [6.45, 7) is 0.611. The third kappa shape index (κ3) is 5.15. The van der Waals surface area contributed by atoms with Gasteiger partial charge >= 0.3 is 6.18 Å². The zero-order valence-corrected chi connectivity index (χ0v) is 7.17. The summed E-state index contributed by atoms with van der Waals surface area (Å²) in [5.41, 5.74) is 5.04. The fourth-order valence-corrected chi connectivity index (χ4v) is 0.824. The van der Waals surface area contributed by atoms with Crippen LogP contribution in [0.25, 0.3) is 0 Å². The molecule has 0 rings (SSSR count). The Bertz CT molecular complexity index is 180. The summed E-state index contributed by atoms with van der Waals surface area (Å²) >= 11 is 0. The molecule has 0 radical (unpaired) electrons. The molecule has 0 aromatic heterocycles. The van der Waals surface area contributed by atoms with Gasteiger partial charge in [0.1, 0.15) is 6.54 Å². The Balaban J connectivity index is 4.26. The highest BCUT2D eigenvalue weighted by molar-refractivity contribution is 5.77. The molecule has 0 spiro atoms. The molecule has 0 amide bonds. The van der Waals surface area contributed by atoms with Crippen molar-refractivity contribution in [1.82, 2.24) is 4.90 Å². The Morgan fingerprint density at radius 3 is 2.38 bits per heavy atom. The highest BCUT2D eigenvalue weighted by Crippen LogP contribution is 2.16. The lowest BCUT2D eigenvalue weighted by molar-refractivity contribution is -0.138. The van der Waals surface area contributed by atoms with Crippen LogP contribution < -0.4 is 5.73 Å². The van der Waals surface area contributed by atoms with Crippen LogP contribution in [0.5, 0.6) is 0 Å². The van der Waals surface area contributed by atoms with Crippen LogP contribution in [0.4, 0.5) is 13.2 Å². The van der Waals surface area contributed by atoms with E-state index in [1.165, 1.54) is 0 Å². The van der Waals surface area contributed by atoms with Gasteiger partial charge in [0.25, 0.3) is 0 Å². The summed E-state index contributed by atoms with van der Waals surface area (Å²) < 4.78 is 35.7. The smallest absolute Gasteiger partial charge is 0.406 e. The molecule has 0 heterocycles. The fourth-order valence-electron chi connectivity index (χ4n) is 0.824. The van der Waals surface area contributed by atoms with E-state index in [1.807, 2.05) is 0 Å². The first-order chi connectivity index (χ1) is 5.90. The van der Waals surface area contributed by atoms with Crippen molar-refractivity contribution in [2.45, 2.75) is 19.5 Å². The summed E-state index contributed by atoms with van der Waals surface area (Å²) in [7, 11) is 0. The lowest BCUT2D eigenvalue weighted by atomic mass is 10.4. The minimum Gasteiger partial charge on any atom is -0.408 e. The lowest BCUT2D eigenvalue weighted by Gasteiger charge is -2.22. The maximum Gasteiger partial charge on any atom is 0.406 e. The third-order valence-corrected chi connectivity index (χ3v) is 1.29. The quantitative estimate of drug-likeness (QED) is 0.308. The van der Waals surface area contributed by atoms with E-state index in [-0.39, 0.29) is 6.54 Å². The normalized spacial score (nSPS) is 13.1. The van der Waals surface area contributed by atoms with Crippen molar-refractivity contribution in [2.75, 3.05) is 13.1 Å². The van der Waals surface area contributed by atoms with Crippen LogP contribution in [0.2, 0.25) is 0 Å². The first-order valence-electron chi connectivity index (χ1n) is 3.70. The molecule has 0 saturated carbocycles. The van der Waals surface area contributed by atoms with Crippen molar-refractivity contribution in [1.29, 1.82) is 0 Å². The van der Waals surface area contributed by atoms with E-state index in [1.54, 1.807) is 6.92 Å². The van der Waals surface area contributed by atoms with Gasteiger partial charge in [-0.2, -0.15) is 13.2 Å². The highest BCUT2D eigenvalue weighted by Gasteiger charge is 2.31. The molecule has 0 atom stereocenters. The number of hydrogen-bond acceptors (Lipinski definition) is 2. The van der Waals surface area contributed by atoms with Crippen LogP contribution in [-0.2, 0) is 0 Å². The zero-order chi connectivity index (χ0) is 10.5. The molecular formula is C6H12F3N3O. The van der Waals surface area contributed by atoms with Gasteiger partial charge in [-0.1, -0.05) is 12.1 Å². The van der Waals surface area contributed by atoms with Crippen molar-refractivity contribution in [3.63, 3.8) is 0 Å². The number of guanidine groups is 1. The second-order valence-corrected chi connectivity index (χ2v) is 2.49. The van der Waals surface area contributed by atoms with Crippen molar-refractivity contribution in [3.05, 3.63) is 0 Å².